The summed E-state index contributed by atoms with van der Waals surface area (Å²) in [5.74, 6) is -0.380. The minimum absolute atomic E-state index is 0.0365. The molecule has 2 aromatic carbocycles. The second-order valence-corrected chi connectivity index (χ2v) is 13.0. The molecular formula is C29H43N5O4S. The van der Waals surface area contributed by atoms with Crippen molar-refractivity contribution < 1.29 is 18.0 Å². The molecule has 0 spiro atoms. The zero-order valence-corrected chi connectivity index (χ0v) is 24.8. The van der Waals surface area contributed by atoms with Gasteiger partial charge < -0.3 is 16.0 Å². The maximum absolute atomic E-state index is 13.6. The van der Waals surface area contributed by atoms with Gasteiger partial charge in [-0.05, 0) is 87.8 Å². The summed E-state index contributed by atoms with van der Waals surface area (Å²) in [5.41, 5.74) is 4.13. The highest BCUT2D eigenvalue weighted by Gasteiger charge is 2.24. The standard InChI is InChI=1S/C29H43N5O4S/c1-20(2)31-28(35)21(3)30-19-26-16-23-13-9-12-22(14-23)10-7-8-11-24-15-25(29(36)32-26)18-27(17-24)34(6)39(37,38)33(4)5/h9,12-15,17-18,20-21,26,30H,7-8,10-11,16,19H2,1-6H3,(H,31,35)(H,32,36)/t21-,26-/m0/s1. The van der Waals surface area contributed by atoms with Gasteiger partial charge in [-0.3, -0.25) is 13.9 Å². The Morgan fingerprint density at radius 1 is 1.00 bits per heavy atom. The molecule has 0 radical (unpaired) electrons. The number of carbonyl (C=O) groups is 2. The highest BCUT2D eigenvalue weighted by Crippen LogP contribution is 2.24. The van der Waals surface area contributed by atoms with Crippen molar-refractivity contribution in [2.75, 3.05) is 32.0 Å². The predicted octanol–water partition coefficient (Wildman–Crippen LogP) is 2.65. The molecule has 1 aliphatic heterocycles. The molecule has 0 saturated heterocycles. The number of nitrogens with zero attached hydrogens (tertiary/aromatic N) is 2. The van der Waals surface area contributed by atoms with Crippen LogP contribution < -0.4 is 20.3 Å². The fourth-order valence-electron chi connectivity index (χ4n) is 4.63. The number of anilines is 1. The largest absolute Gasteiger partial charge is 0.353 e. The summed E-state index contributed by atoms with van der Waals surface area (Å²) in [7, 11) is 0.745. The molecule has 4 bridgehead atoms. The first-order valence-corrected chi connectivity index (χ1v) is 15.0. The van der Waals surface area contributed by atoms with Crippen LogP contribution in [0, 0.1) is 0 Å². The molecule has 0 unspecified atom stereocenters. The molecule has 2 amide bonds. The summed E-state index contributed by atoms with van der Waals surface area (Å²) in [5, 5.41) is 9.32. The minimum atomic E-state index is -3.72. The molecule has 0 aliphatic carbocycles. The van der Waals surface area contributed by atoms with Crippen molar-refractivity contribution in [3.8, 4) is 0 Å². The first-order chi connectivity index (χ1) is 18.4. The van der Waals surface area contributed by atoms with Crippen LogP contribution in [0.4, 0.5) is 5.69 Å². The maximum atomic E-state index is 13.6. The fraction of sp³-hybridized carbons (Fsp3) is 0.517. The Balaban J connectivity index is 1.92. The Kier molecular flexibility index (Phi) is 10.5. The van der Waals surface area contributed by atoms with Crippen LogP contribution in [0.25, 0.3) is 0 Å². The van der Waals surface area contributed by atoms with E-state index in [-0.39, 0.29) is 23.9 Å². The third-order valence-electron chi connectivity index (χ3n) is 6.90. The number of nitrogens with one attached hydrogen (secondary N) is 3. The molecule has 39 heavy (non-hydrogen) atoms. The smallest absolute Gasteiger partial charge is 0.303 e. The van der Waals surface area contributed by atoms with Crippen LogP contribution in [0.2, 0.25) is 0 Å². The van der Waals surface area contributed by atoms with Crippen LogP contribution in [0.5, 0.6) is 0 Å². The Bertz CT molecular complexity index is 1260. The van der Waals surface area contributed by atoms with Gasteiger partial charge in [0.2, 0.25) is 5.91 Å². The molecule has 0 saturated carbocycles. The second-order valence-electron chi connectivity index (χ2n) is 10.8. The molecule has 10 heteroatoms. The van der Waals surface area contributed by atoms with E-state index in [0.29, 0.717) is 24.2 Å². The van der Waals surface area contributed by atoms with Gasteiger partial charge in [-0.2, -0.15) is 12.7 Å². The lowest BCUT2D eigenvalue weighted by Gasteiger charge is -2.25. The normalized spacial score (nSPS) is 17.3. The Hall–Kier alpha value is -2.95. The molecule has 9 nitrogen and oxygen atoms in total. The molecule has 2 aromatic rings. The zero-order chi connectivity index (χ0) is 28.7. The van der Waals surface area contributed by atoms with Crippen molar-refractivity contribution in [2.24, 2.45) is 0 Å². The molecule has 3 N–H and O–H groups in total. The second kappa shape index (κ2) is 13.4. The van der Waals surface area contributed by atoms with E-state index in [1.54, 1.807) is 13.0 Å². The Morgan fingerprint density at radius 3 is 2.33 bits per heavy atom. The summed E-state index contributed by atoms with van der Waals surface area (Å²) in [6.07, 6.45) is 4.16. The van der Waals surface area contributed by atoms with Gasteiger partial charge in [0.05, 0.1) is 11.7 Å². The molecule has 1 aliphatic rings. The van der Waals surface area contributed by atoms with E-state index in [4.69, 9.17) is 0 Å². The summed E-state index contributed by atoms with van der Waals surface area (Å²) in [6, 6.07) is 13.1. The molecular weight excluding hydrogens is 514 g/mol. The number of rotatable bonds is 8. The van der Waals surface area contributed by atoms with E-state index < -0.39 is 16.3 Å². The summed E-state index contributed by atoms with van der Waals surface area (Å²) in [4.78, 5) is 26.0. The van der Waals surface area contributed by atoms with E-state index >= 15 is 0 Å². The number of amides is 2. The molecule has 0 fully saturated rings. The van der Waals surface area contributed by atoms with Crippen LogP contribution >= 0.6 is 0 Å². The van der Waals surface area contributed by atoms with E-state index in [9.17, 15) is 18.0 Å². The summed E-state index contributed by atoms with van der Waals surface area (Å²) in [6.45, 7) is 6.03. The lowest BCUT2D eigenvalue weighted by Crippen LogP contribution is -2.50. The quantitative estimate of drug-likeness (QED) is 0.462. The van der Waals surface area contributed by atoms with Gasteiger partial charge in [0, 0.05) is 45.3 Å². The highest BCUT2D eigenvalue weighted by molar-refractivity contribution is 7.90. The van der Waals surface area contributed by atoms with Crippen molar-refractivity contribution in [3.05, 3.63) is 64.7 Å². The number of hydrogen-bond donors (Lipinski definition) is 3. The lowest BCUT2D eigenvalue weighted by atomic mass is 9.97. The average Bonchev–Trinajstić information content (AvgIpc) is 2.88. The van der Waals surface area contributed by atoms with Crippen molar-refractivity contribution in [1.82, 2.24) is 20.3 Å². The van der Waals surface area contributed by atoms with Gasteiger partial charge >= 0.3 is 10.2 Å². The first kappa shape index (κ1) is 30.6. The minimum Gasteiger partial charge on any atom is -0.353 e. The van der Waals surface area contributed by atoms with Gasteiger partial charge in [-0.1, -0.05) is 24.3 Å². The monoisotopic (exact) mass is 557 g/mol. The number of benzene rings is 2. The highest BCUT2D eigenvalue weighted by atomic mass is 32.2. The Labute approximate surface area is 233 Å². The Morgan fingerprint density at radius 2 is 1.67 bits per heavy atom. The summed E-state index contributed by atoms with van der Waals surface area (Å²) < 4.78 is 28.0. The molecule has 2 atom stereocenters. The predicted molar refractivity (Wildman–Crippen MR) is 156 cm³/mol. The van der Waals surface area contributed by atoms with Crippen molar-refractivity contribution in [1.29, 1.82) is 0 Å². The van der Waals surface area contributed by atoms with E-state index in [1.165, 1.54) is 31.0 Å². The van der Waals surface area contributed by atoms with Crippen LogP contribution in [-0.2, 0) is 34.3 Å². The first-order valence-electron chi connectivity index (χ1n) is 13.6. The fourth-order valence-corrected chi connectivity index (χ4v) is 5.49. The molecule has 3 rings (SSSR count). The van der Waals surface area contributed by atoms with Gasteiger partial charge in [0.15, 0.2) is 0 Å². The number of hydrogen-bond acceptors (Lipinski definition) is 5. The van der Waals surface area contributed by atoms with Crippen LogP contribution in [0.15, 0.2) is 42.5 Å². The topological polar surface area (TPSA) is 111 Å². The number of fused-ring (bicyclic) bond motifs is 4. The van der Waals surface area contributed by atoms with Gasteiger partial charge in [0.1, 0.15) is 0 Å². The van der Waals surface area contributed by atoms with E-state index in [1.807, 2.05) is 26.0 Å². The van der Waals surface area contributed by atoms with E-state index in [0.717, 1.165) is 41.1 Å². The van der Waals surface area contributed by atoms with Gasteiger partial charge in [-0.25, -0.2) is 0 Å². The third-order valence-corrected chi connectivity index (χ3v) is 8.72. The summed E-state index contributed by atoms with van der Waals surface area (Å²) >= 11 is 0. The van der Waals surface area contributed by atoms with Crippen molar-refractivity contribution >= 4 is 27.7 Å². The SMILES string of the molecule is CC(C)NC(=O)[C@H](C)NC[C@@H]1Cc2cccc(c2)CCCCc2cc(cc(N(C)S(=O)(=O)N(C)C)c2)C(=O)N1. The third kappa shape index (κ3) is 8.52. The molecule has 0 aromatic heterocycles. The molecule has 1 heterocycles. The van der Waals surface area contributed by atoms with Crippen molar-refractivity contribution in [2.45, 2.75) is 71.0 Å². The average molecular weight is 558 g/mol. The van der Waals surface area contributed by atoms with Gasteiger partial charge in [-0.15, -0.1) is 0 Å². The number of carbonyl (C=O) groups excluding carboxylic acids is 2. The van der Waals surface area contributed by atoms with E-state index in [2.05, 4.69) is 40.2 Å². The van der Waals surface area contributed by atoms with Crippen LogP contribution in [0.1, 0.15) is 60.7 Å². The van der Waals surface area contributed by atoms with Crippen LogP contribution in [-0.4, -0.2) is 70.4 Å². The van der Waals surface area contributed by atoms with Gasteiger partial charge in [0.25, 0.3) is 5.91 Å². The van der Waals surface area contributed by atoms with Crippen molar-refractivity contribution in [3.63, 3.8) is 0 Å². The maximum Gasteiger partial charge on any atom is 0.303 e. The van der Waals surface area contributed by atoms with Crippen LogP contribution in [0.3, 0.4) is 0 Å². The zero-order valence-electron chi connectivity index (χ0n) is 24.0. The number of aryl methyl sites for hydroxylation is 2. The lowest BCUT2D eigenvalue weighted by molar-refractivity contribution is -0.123. The molecule has 214 valence electrons.